The SMILES string of the molecule is Cc1ccc(C(=O)NC(CO)(CO)CO)c(O)c1. The molecule has 0 radical (unpaired) electrons. The van der Waals surface area contributed by atoms with Gasteiger partial charge < -0.3 is 25.7 Å². The number of aryl methyl sites for hydroxylation is 1. The molecule has 1 rings (SSSR count). The van der Waals surface area contributed by atoms with Gasteiger partial charge in [0, 0.05) is 0 Å². The number of aliphatic hydroxyl groups excluding tert-OH is 3. The third kappa shape index (κ3) is 2.98. The van der Waals surface area contributed by atoms with Gasteiger partial charge in [-0.3, -0.25) is 4.79 Å². The van der Waals surface area contributed by atoms with E-state index in [2.05, 4.69) is 5.32 Å². The number of hydrogen-bond acceptors (Lipinski definition) is 5. The molecule has 0 saturated carbocycles. The van der Waals surface area contributed by atoms with Crippen molar-refractivity contribution in [2.45, 2.75) is 12.5 Å². The molecule has 0 spiro atoms. The van der Waals surface area contributed by atoms with E-state index >= 15 is 0 Å². The first-order chi connectivity index (χ1) is 8.48. The normalized spacial score (nSPS) is 11.3. The number of aliphatic hydroxyl groups is 3. The fourth-order valence-corrected chi connectivity index (χ4v) is 1.41. The lowest BCUT2D eigenvalue weighted by atomic mass is 10.0. The number of carbonyl (C=O) groups is 1. The van der Waals surface area contributed by atoms with E-state index in [-0.39, 0.29) is 11.3 Å². The predicted octanol–water partition coefficient (Wildman–Crippen LogP) is -0.854. The summed E-state index contributed by atoms with van der Waals surface area (Å²) in [5.41, 5.74) is -0.698. The van der Waals surface area contributed by atoms with Gasteiger partial charge in [-0.25, -0.2) is 0 Å². The fraction of sp³-hybridized carbons (Fsp3) is 0.417. The van der Waals surface area contributed by atoms with E-state index in [1.165, 1.54) is 12.1 Å². The molecule has 100 valence electrons. The largest absolute Gasteiger partial charge is 0.507 e. The van der Waals surface area contributed by atoms with Crippen LogP contribution < -0.4 is 5.32 Å². The summed E-state index contributed by atoms with van der Waals surface area (Å²) in [5, 5.41) is 39.2. The maximum absolute atomic E-state index is 11.9. The van der Waals surface area contributed by atoms with Crippen LogP contribution in [0.15, 0.2) is 18.2 Å². The first kappa shape index (κ1) is 14.4. The van der Waals surface area contributed by atoms with Crippen LogP contribution in [0, 0.1) is 6.92 Å². The molecule has 0 heterocycles. The third-order valence-corrected chi connectivity index (χ3v) is 2.68. The minimum Gasteiger partial charge on any atom is -0.507 e. The first-order valence-electron chi connectivity index (χ1n) is 5.43. The smallest absolute Gasteiger partial charge is 0.255 e. The summed E-state index contributed by atoms with van der Waals surface area (Å²) in [6, 6.07) is 4.50. The minimum absolute atomic E-state index is 0.0142. The Kier molecular flexibility index (Phi) is 4.66. The predicted molar refractivity (Wildman–Crippen MR) is 64.3 cm³/mol. The van der Waals surface area contributed by atoms with Crippen molar-refractivity contribution in [3.05, 3.63) is 29.3 Å². The van der Waals surface area contributed by atoms with Gasteiger partial charge in [-0.1, -0.05) is 6.07 Å². The van der Waals surface area contributed by atoms with Gasteiger partial charge in [-0.15, -0.1) is 0 Å². The van der Waals surface area contributed by atoms with Crippen molar-refractivity contribution in [2.75, 3.05) is 19.8 Å². The second kappa shape index (κ2) is 5.81. The quantitative estimate of drug-likeness (QED) is 0.470. The van der Waals surface area contributed by atoms with E-state index < -0.39 is 31.3 Å². The summed E-state index contributed by atoms with van der Waals surface area (Å²) in [6.45, 7) is -0.0735. The van der Waals surface area contributed by atoms with E-state index in [9.17, 15) is 9.90 Å². The molecule has 0 aliphatic rings. The molecule has 1 amide bonds. The van der Waals surface area contributed by atoms with Crippen molar-refractivity contribution in [1.29, 1.82) is 0 Å². The zero-order valence-electron chi connectivity index (χ0n) is 10.1. The number of benzene rings is 1. The van der Waals surface area contributed by atoms with Gasteiger partial charge in [0.1, 0.15) is 11.3 Å². The summed E-state index contributed by atoms with van der Waals surface area (Å²) in [5.74, 6) is -0.875. The Labute approximate surface area is 105 Å². The molecule has 6 heteroatoms. The molecule has 0 saturated heterocycles. The summed E-state index contributed by atoms with van der Waals surface area (Å²) in [4.78, 5) is 11.9. The number of rotatable bonds is 5. The topological polar surface area (TPSA) is 110 Å². The number of carbonyl (C=O) groups excluding carboxylic acids is 1. The second-order valence-corrected chi connectivity index (χ2v) is 4.23. The number of phenols is 1. The molecule has 0 unspecified atom stereocenters. The number of aromatic hydroxyl groups is 1. The van der Waals surface area contributed by atoms with Gasteiger partial charge in [0.2, 0.25) is 0 Å². The Morgan fingerprint density at radius 1 is 1.22 bits per heavy atom. The molecule has 1 aromatic rings. The molecule has 0 bridgehead atoms. The van der Waals surface area contributed by atoms with Crippen molar-refractivity contribution in [1.82, 2.24) is 5.32 Å². The average molecular weight is 255 g/mol. The van der Waals surface area contributed by atoms with Gasteiger partial charge >= 0.3 is 0 Å². The summed E-state index contributed by atoms with van der Waals surface area (Å²) < 4.78 is 0. The molecule has 0 atom stereocenters. The number of amides is 1. The van der Waals surface area contributed by atoms with Gasteiger partial charge in [0.15, 0.2) is 0 Å². The van der Waals surface area contributed by atoms with Crippen LogP contribution in [0.4, 0.5) is 0 Å². The summed E-state index contributed by atoms with van der Waals surface area (Å²) in [6.07, 6.45) is 0. The van der Waals surface area contributed by atoms with Crippen LogP contribution in [0.1, 0.15) is 15.9 Å². The van der Waals surface area contributed by atoms with E-state index in [1.54, 1.807) is 13.0 Å². The molecule has 5 N–H and O–H groups in total. The Morgan fingerprint density at radius 2 is 1.78 bits per heavy atom. The number of nitrogens with one attached hydrogen (secondary N) is 1. The lowest BCUT2D eigenvalue weighted by Gasteiger charge is -2.28. The van der Waals surface area contributed by atoms with Crippen LogP contribution in [0.2, 0.25) is 0 Å². The summed E-state index contributed by atoms with van der Waals surface area (Å²) in [7, 11) is 0. The van der Waals surface area contributed by atoms with E-state index in [0.29, 0.717) is 0 Å². The Bertz CT molecular complexity index is 420. The molecular formula is C12H17NO5. The Balaban J connectivity index is 2.94. The standard InChI is InChI=1S/C12H17NO5/c1-8-2-3-9(10(17)4-8)11(18)13-12(5-14,6-15)7-16/h2-4,14-17H,5-7H2,1H3,(H,13,18). The van der Waals surface area contributed by atoms with E-state index in [0.717, 1.165) is 5.56 Å². The molecular weight excluding hydrogens is 238 g/mol. The molecule has 6 nitrogen and oxygen atoms in total. The average Bonchev–Trinajstić information content (AvgIpc) is 2.36. The monoisotopic (exact) mass is 255 g/mol. The third-order valence-electron chi connectivity index (χ3n) is 2.68. The van der Waals surface area contributed by atoms with Gasteiger partial charge in [0.05, 0.1) is 25.4 Å². The fourth-order valence-electron chi connectivity index (χ4n) is 1.41. The molecule has 0 aromatic heterocycles. The van der Waals surface area contributed by atoms with Crippen molar-refractivity contribution >= 4 is 5.91 Å². The van der Waals surface area contributed by atoms with Crippen molar-refractivity contribution < 1.29 is 25.2 Å². The van der Waals surface area contributed by atoms with Crippen LogP contribution in [-0.4, -0.2) is 51.7 Å². The van der Waals surface area contributed by atoms with Gasteiger partial charge in [0.25, 0.3) is 5.91 Å². The van der Waals surface area contributed by atoms with Gasteiger partial charge in [-0.2, -0.15) is 0 Å². The Morgan fingerprint density at radius 3 is 2.22 bits per heavy atom. The minimum atomic E-state index is -1.51. The van der Waals surface area contributed by atoms with Crippen LogP contribution in [0.5, 0.6) is 5.75 Å². The highest BCUT2D eigenvalue weighted by Gasteiger charge is 2.30. The molecule has 18 heavy (non-hydrogen) atoms. The highest BCUT2D eigenvalue weighted by molar-refractivity contribution is 5.97. The zero-order chi connectivity index (χ0) is 13.8. The maximum atomic E-state index is 11.9. The van der Waals surface area contributed by atoms with Crippen LogP contribution in [0.3, 0.4) is 0 Å². The highest BCUT2D eigenvalue weighted by atomic mass is 16.3. The lowest BCUT2D eigenvalue weighted by molar-refractivity contribution is 0.0374. The molecule has 0 fully saturated rings. The highest BCUT2D eigenvalue weighted by Crippen LogP contribution is 2.19. The second-order valence-electron chi connectivity index (χ2n) is 4.23. The number of phenolic OH excluding ortho intramolecular Hbond substituents is 1. The summed E-state index contributed by atoms with van der Waals surface area (Å²) >= 11 is 0. The first-order valence-corrected chi connectivity index (χ1v) is 5.43. The van der Waals surface area contributed by atoms with Gasteiger partial charge in [-0.05, 0) is 24.6 Å². The maximum Gasteiger partial charge on any atom is 0.255 e. The van der Waals surface area contributed by atoms with Crippen molar-refractivity contribution in [3.63, 3.8) is 0 Å². The molecule has 0 aliphatic heterocycles. The molecule has 1 aromatic carbocycles. The van der Waals surface area contributed by atoms with Crippen LogP contribution >= 0.6 is 0 Å². The zero-order valence-corrected chi connectivity index (χ0v) is 10.1. The van der Waals surface area contributed by atoms with E-state index in [1.807, 2.05) is 0 Å². The number of hydrogen-bond donors (Lipinski definition) is 5. The molecule has 0 aliphatic carbocycles. The van der Waals surface area contributed by atoms with Crippen molar-refractivity contribution in [2.24, 2.45) is 0 Å². The van der Waals surface area contributed by atoms with Crippen LogP contribution in [-0.2, 0) is 0 Å². The lowest BCUT2D eigenvalue weighted by Crippen LogP contribution is -2.57. The van der Waals surface area contributed by atoms with Crippen molar-refractivity contribution in [3.8, 4) is 5.75 Å². The Hall–Kier alpha value is -1.63. The van der Waals surface area contributed by atoms with E-state index in [4.69, 9.17) is 15.3 Å². The van der Waals surface area contributed by atoms with Crippen LogP contribution in [0.25, 0.3) is 0 Å².